The lowest BCUT2D eigenvalue weighted by Gasteiger charge is -2.07. The first-order valence-electron chi connectivity index (χ1n) is 7.08. The van der Waals surface area contributed by atoms with Gasteiger partial charge in [-0.2, -0.15) is 0 Å². The molecular weight excluding hydrogens is 278 g/mol. The van der Waals surface area contributed by atoms with Gasteiger partial charge in [0.25, 0.3) is 0 Å². The third-order valence-electron chi connectivity index (χ3n) is 2.69. The number of unbranched alkanes of at least 4 members (excludes halogenated alkanes) is 1. The highest BCUT2D eigenvalue weighted by molar-refractivity contribution is 6.29. The SMILES string of the molecule is CCCCOCCOC(=O)c1cc(Cl)nc(CCC)c1. The van der Waals surface area contributed by atoms with Crippen LogP contribution in [0.4, 0.5) is 0 Å². The van der Waals surface area contributed by atoms with Crippen molar-refractivity contribution in [3.8, 4) is 0 Å². The highest BCUT2D eigenvalue weighted by Crippen LogP contribution is 2.13. The molecule has 0 aliphatic carbocycles. The van der Waals surface area contributed by atoms with Crippen LogP contribution >= 0.6 is 11.6 Å². The van der Waals surface area contributed by atoms with Crippen LogP contribution in [0.5, 0.6) is 0 Å². The fourth-order valence-electron chi connectivity index (χ4n) is 1.68. The van der Waals surface area contributed by atoms with Gasteiger partial charge < -0.3 is 9.47 Å². The Hall–Kier alpha value is -1.13. The van der Waals surface area contributed by atoms with Gasteiger partial charge in [0.1, 0.15) is 11.8 Å². The summed E-state index contributed by atoms with van der Waals surface area (Å²) in [6.07, 6.45) is 3.86. The Morgan fingerprint density at radius 2 is 2.00 bits per heavy atom. The van der Waals surface area contributed by atoms with Crippen molar-refractivity contribution in [1.29, 1.82) is 0 Å². The summed E-state index contributed by atoms with van der Waals surface area (Å²) in [6, 6.07) is 3.26. The Labute approximate surface area is 125 Å². The number of ether oxygens (including phenoxy) is 2. The standard InChI is InChI=1S/C15H22ClNO3/c1-3-5-7-19-8-9-20-15(18)12-10-13(6-4-2)17-14(16)11-12/h10-11H,3-9H2,1-2H3. The van der Waals surface area contributed by atoms with Crippen LogP contribution in [0.3, 0.4) is 0 Å². The maximum Gasteiger partial charge on any atom is 0.338 e. The molecule has 20 heavy (non-hydrogen) atoms. The Kier molecular flexibility index (Phi) is 8.23. The smallest absolute Gasteiger partial charge is 0.338 e. The first kappa shape index (κ1) is 16.9. The number of esters is 1. The molecule has 0 bridgehead atoms. The Morgan fingerprint density at radius 1 is 1.20 bits per heavy atom. The molecule has 0 spiro atoms. The fourth-order valence-corrected chi connectivity index (χ4v) is 1.90. The van der Waals surface area contributed by atoms with Crippen molar-refractivity contribution in [2.75, 3.05) is 19.8 Å². The van der Waals surface area contributed by atoms with Crippen LogP contribution in [0.2, 0.25) is 5.15 Å². The lowest BCUT2D eigenvalue weighted by molar-refractivity contribution is 0.0313. The molecule has 0 amide bonds. The zero-order chi connectivity index (χ0) is 14.8. The fraction of sp³-hybridized carbons (Fsp3) is 0.600. The first-order chi connectivity index (χ1) is 9.67. The average molecular weight is 300 g/mol. The minimum absolute atomic E-state index is 0.256. The van der Waals surface area contributed by atoms with Crippen molar-refractivity contribution in [3.05, 3.63) is 28.5 Å². The Morgan fingerprint density at radius 3 is 2.70 bits per heavy atom. The van der Waals surface area contributed by atoms with Gasteiger partial charge in [0.05, 0.1) is 12.2 Å². The zero-order valence-electron chi connectivity index (χ0n) is 12.2. The molecule has 0 saturated heterocycles. The topological polar surface area (TPSA) is 48.4 Å². The number of aryl methyl sites for hydroxylation is 1. The molecule has 0 aliphatic heterocycles. The van der Waals surface area contributed by atoms with E-state index in [4.69, 9.17) is 21.1 Å². The molecule has 1 aromatic rings. The van der Waals surface area contributed by atoms with Gasteiger partial charge in [0.2, 0.25) is 0 Å². The number of pyridine rings is 1. The van der Waals surface area contributed by atoms with Crippen molar-refractivity contribution in [2.24, 2.45) is 0 Å². The normalized spacial score (nSPS) is 10.6. The summed E-state index contributed by atoms with van der Waals surface area (Å²) < 4.78 is 10.5. The number of carbonyl (C=O) groups is 1. The summed E-state index contributed by atoms with van der Waals surface area (Å²) in [7, 11) is 0. The van der Waals surface area contributed by atoms with Gasteiger partial charge in [0, 0.05) is 12.3 Å². The summed E-state index contributed by atoms with van der Waals surface area (Å²) in [4.78, 5) is 16.0. The lowest BCUT2D eigenvalue weighted by Crippen LogP contribution is -2.12. The molecule has 0 fully saturated rings. The molecule has 0 unspecified atom stereocenters. The van der Waals surface area contributed by atoms with E-state index in [1.54, 1.807) is 6.07 Å². The van der Waals surface area contributed by atoms with Crippen LogP contribution in [-0.4, -0.2) is 30.8 Å². The monoisotopic (exact) mass is 299 g/mol. The van der Waals surface area contributed by atoms with E-state index >= 15 is 0 Å². The van der Waals surface area contributed by atoms with Crippen molar-refractivity contribution < 1.29 is 14.3 Å². The minimum atomic E-state index is -0.384. The maximum atomic E-state index is 11.9. The van der Waals surface area contributed by atoms with Crippen LogP contribution in [0.15, 0.2) is 12.1 Å². The molecule has 1 heterocycles. The van der Waals surface area contributed by atoms with E-state index in [9.17, 15) is 4.79 Å². The molecule has 0 atom stereocenters. The second kappa shape index (κ2) is 9.72. The third-order valence-corrected chi connectivity index (χ3v) is 2.89. The number of nitrogens with zero attached hydrogens (tertiary/aromatic N) is 1. The number of rotatable bonds is 9. The highest BCUT2D eigenvalue weighted by atomic mass is 35.5. The largest absolute Gasteiger partial charge is 0.460 e. The van der Waals surface area contributed by atoms with Gasteiger partial charge in [0.15, 0.2) is 0 Å². The number of hydrogen-bond donors (Lipinski definition) is 0. The quantitative estimate of drug-likeness (QED) is 0.397. The van der Waals surface area contributed by atoms with Crippen molar-refractivity contribution in [3.63, 3.8) is 0 Å². The van der Waals surface area contributed by atoms with Crippen LogP contribution in [-0.2, 0) is 15.9 Å². The second-order valence-corrected chi connectivity index (χ2v) is 4.91. The lowest BCUT2D eigenvalue weighted by atomic mass is 10.2. The molecule has 0 N–H and O–H groups in total. The number of aromatic nitrogens is 1. The molecule has 5 heteroatoms. The number of halogens is 1. The predicted octanol–water partition coefficient (Wildman–Crippen LogP) is 3.66. The minimum Gasteiger partial charge on any atom is -0.460 e. The molecule has 1 aromatic heterocycles. The molecule has 1 rings (SSSR count). The van der Waals surface area contributed by atoms with Gasteiger partial charge in [-0.3, -0.25) is 0 Å². The summed E-state index contributed by atoms with van der Waals surface area (Å²) in [6.45, 7) is 5.53. The van der Waals surface area contributed by atoms with Gasteiger partial charge >= 0.3 is 5.97 Å². The van der Waals surface area contributed by atoms with Crippen molar-refractivity contribution in [1.82, 2.24) is 4.98 Å². The van der Waals surface area contributed by atoms with E-state index in [1.165, 1.54) is 6.07 Å². The van der Waals surface area contributed by atoms with E-state index < -0.39 is 0 Å². The van der Waals surface area contributed by atoms with E-state index in [0.717, 1.165) is 31.4 Å². The molecular formula is C15H22ClNO3. The van der Waals surface area contributed by atoms with Crippen LogP contribution in [0.1, 0.15) is 49.2 Å². The number of hydrogen-bond acceptors (Lipinski definition) is 4. The second-order valence-electron chi connectivity index (χ2n) is 4.52. The number of carbonyl (C=O) groups excluding carboxylic acids is 1. The van der Waals surface area contributed by atoms with Crippen LogP contribution in [0.25, 0.3) is 0 Å². The zero-order valence-corrected chi connectivity index (χ0v) is 12.9. The maximum absolute atomic E-state index is 11.9. The Bertz CT molecular complexity index is 424. The third kappa shape index (κ3) is 6.35. The van der Waals surface area contributed by atoms with Crippen molar-refractivity contribution in [2.45, 2.75) is 39.5 Å². The van der Waals surface area contributed by atoms with Gasteiger partial charge in [-0.15, -0.1) is 0 Å². The molecule has 0 aromatic carbocycles. The van der Waals surface area contributed by atoms with Gasteiger partial charge in [-0.1, -0.05) is 38.3 Å². The molecule has 4 nitrogen and oxygen atoms in total. The van der Waals surface area contributed by atoms with E-state index in [2.05, 4.69) is 11.9 Å². The summed E-state index contributed by atoms with van der Waals surface area (Å²) in [5.74, 6) is -0.384. The predicted molar refractivity (Wildman–Crippen MR) is 79.3 cm³/mol. The molecule has 0 saturated carbocycles. The van der Waals surface area contributed by atoms with Crippen molar-refractivity contribution >= 4 is 17.6 Å². The summed E-state index contributed by atoms with van der Waals surface area (Å²) in [5, 5.41) is 0.321. The van der Waals surface area contributed by atoms with E-state index in [-0.39, 0.29) is 12.6 Å². The molecule has 0 radical (unpaired) electrons. The van der Waals surface area contributed by atoms with Crippen LogP contribution in [0, 0.1) is 0 Å². The molecule has 112 valence electrons. The highest BCUT2D eigenvalue weighted by Gasteiger charge is 2.10. The van der Waals surface area contributed by atoms with E-state index in [1.807, 2.05) is 6.92 Å². The Balaban J connectivity index is 2.42. The van der Waals surface area contributed by atoms with E-state index in [0.29, 0.717) is 23.9 Å². The molecule has 0 aliphatic rings. The van der Waals surface area contributed by atoms with Gasteiger partial charge in [-0.05, 0) is 25.0 Å². The average Bonchev–Trinajstić information content (AvgIpc) is 2.42. The van der Waals surface area contributed by atoms with Crippen LogP contribution < -0.4 is 0 Å². The van der Waals surface area contributed by atoms with Gasteiger partial charge in [-0.25, -0.2) is 9.78 Å². The first-order valence-corrected chi connectivity index (χ1v) is 7.46. The summed E-state index contributed by atoms with van der Waals surface area (Å²) >= 11 is 5.90. The summed E-state index contributed by atoms with van der Waals surface area (Å²) in [5.41, 5.74) is 1.26.